The second kappa shape index (κ2) is 16.3. The van der Waals surface area contributed by atoms with E-state index in [0.717, 1.165) is 61.9 Å². The summed E-state index contributed by atoms with van der Waals surface area (Å²) in [5.74, 6) is 1.69. The average Bonchev–Trinajstić information content (AvgIpc) is 2.92. The van der Waals surface area contributed by atoms with E-state index in [0.29, 0.717) is 26.4 Å². The van der Waals surface area contributed by atoms with Crippen molar-refractivity contribution in [3.8, 4) is 0 Å². The van der Waals surface area contributed by atoms with Crippen molar-refractivity contribution < 1.29 is 14.0 Å². The fraction of sp³-hybridized carbons (Fsp3) is 0.778. The van der Waals surface area contributed by atoms with Crippen LogP contribution in [0.5, 0.6) is 0 Å². The van der Waals surface area contributed by atoms with Crippen LogP contribution in [-0.2, 0) is 15.9 Å². The van der Waals surface area contributed by atoms with E-state index in [9.17, 15) is 0 Å². The van der Waals surface area contributed by atoms with E-state index in [1.807, 2.05) is 13.8 Å². The molecule has 7 nitrogen and oxygen atoms in total. The van der Waals surface area contributed by atoms with Crippen molar-refractivity contribution >= 4 is 29.9 Å². The quantitative estimate of drug-likeness (QED) is 0.195. The van der Waals surface area contributed by atoms with Gasteiger partial charge in [0.2, 0.25) is 0 Å². The summed E-state index contributed by atoms with van der Waals surface area (Å²) in [5, 5.41) is 10.5. The second-order valence-corrected chi connectivity index (χ2v) is 5.82. The third-order valence-electron chi connectivity index (χ3n) is 3.71. The molecule has 0 radical (unpaired) electrons. The Morgan fingerprint density at radius 1 is 1.08 bits per heavy atom. The Labute approximate surface area is 174 Å². The molecule has 0 atom stereocenters. The Morgan fingerprint density at radius 2 is 1.81 bits per heavy atom. The smallest absolute Gasteiger partial charge is 0.191 e. The monoisotopic (exact) mass is 482 g/mol. The molecule has 0 unspecified atom stereocenters. The number of nitrogens with zero attached hydrogens (tertiary/aromatic N) is 2. The zero-order valence-electron chi connectivity index (χ0n) is 16.6. The summed E-state index contributed by atoms with van der Waals surface area (Å²) in [7, 11) is 0. The van der Waals surface area contributed by atoms with E-state index in [1.54, 1.807) is 0 Å². The maximum absolute atomic E-state index is 5.53. The predicted molar refractivity (Wildman–Crippen MR) is 116 cm³/mol. The van der Waals surface area contributed by atoms with E-state index in [2.05, 4.69) is 34.6 Å². The Balaban J connectivity index is 0.00000625. The number of hydrogen-bond acceptors (Lipinski definition) is 5. The molecule has 0 aromatic carbocycles. The third-order valence-corrected chi connectivity index (χ3v) is 3.71. The lowest BCUT2D eigenvalue weighted by Crippen LogP contribution is -2.38. The van der Waals surface area contributed by atoms with Gasteiger partial charge in [-0.15, -0.1) is 24.0 Å². The van der Waals surface area contributed by atoms with Crippen LogP contribution < -0.4 is 10.6 Å². The first-order valence-corrected chi connectivity index (χ1v) is 9.28. The number of nitrogens with one attached hydrogen (secondary N) is 2. The van der Waals surface area contributed by atoms with Crippen molar-refractivity contribution in [3.63, 3.8) is 0 Å². The van der Waals surface area contributed by atoms with Gasteiger partial charge in [-0.3, -0.25) is 4.99 Å². The highest BCUT2D eigenvalue weighted by Gasteiger charge is 2.08. The van der Waals surface area contributed by atoms with Crippen LogP contribution in [0.2, 0.25) is 0 Å². The molecule has 0 bridgehead atoms. The van der Waals surface area contributed by atoms with Gasteiger partial charge in [0.1, 0.15) is 5.76 Å². The first-order valence-electron chi connectivity index (χ1n) is 9.28. The van der Waals surface area contributed by atoms with Gasteiger partial charge in [0.25, 0.3) is 0 Å². The van der Waals surface area contributed by atoms with Gasteiger partial charge >= 0.3 is 0 Å². The van der Waals surface area contributed by atoms with E-state index < -0.39 is 0 Å². The molecule has 0 aliphatic heterocycles. The van der Waals surface area contributed by atoms with Crippen molar-refractivity contribution in [1.29, 1.82) is 0 Å². The number of ether oxygens (including phenoxy) is 2. The average molecular weight is 482 g/mol. The topological polar surface area (TPSA) is 80.9 Å². The molecule has 0 amide bonds. The predicted octanol–water partition coefficient (Wildman–Crippen LogP) is 2.84. The van der Waals surface area contributed by atoms with E-state index in [-0.39, 0.29) is 24.0 Å². The summed E-state index contributed by atoms with van der Waals surface area (Å²) in [6.45, 7) is 13.0. The Hall–Kier alpha value is -0.870. The van der Waals surface area contributed by atoms with Gasteiger partial charge in [-0.1, -0.05) is 18.5 Å². The Morgan fingerprint density at radius 3 is 2.42 bits per heavy atom. The number of guanidine groups is 1. The minimum Gasteiger partial charge on any atom is -0.379 e. The third kappa shape index (κ3) is 11.0. The lowest BCUT2D eigenvalue weighted by molar-refractivity contribution is 0.0497. The van der Waals surface area contributed by atoms with Gasteiger partial charge < -0.3 is 24.6 Å². The van der Waals surface area contributed by atoms with Crippen LogP contribution in [0.15, 0.2) is 9.52 Å². The summed E-state index contributed by atoms with van der Waals surface area (Å²) in [6.07, 6.45) is 3.12. The summed E-state index contributed by atoms with van der Waals surface area (Å²) < 4.78 is 16.2. The molecule has 2 N–H and O–H groups in total. The molecule has 0 saturated heterocycles. The summed E-state index contributed by atoms with van der Waals surface area (Å²) in [4.78, 5) is 4.51. The molecule has 1 rings (SSSR count). The maximum Gasteiger partial charge on any atom is 0.191 e. The molecule has 0 aliphatic rings. The number of aromatic nitrogens is 1. The van der Waals surface area contributed by atoms with Gasteiger partial charge in [-0.2, -0.15) is 0 Å². The van der Waals surface area contributed by atoms with Crippen LogP contribution in [0.4, 0.5) is 0 Å². The molecule has 152 valence electrons. The summed E-state index contributed by atoms with van der Waals surface area (Å²) in [5.41, 5.74) is 2.12. The van der Waals surface area contributed by atoms with Gasteiger partial charge in [0.05, 0.1) is 32.1 Å². The van der Waals surface area contributed by atoms with E-state index in [4.69, 9.17) is 14.0 Å². The Bertz CT molecular complexity index is 475. The molecule has 8 heteroatoms. The van der Waals surface area contributed by atoms with Crippen LogP contribution in [-0.4, -0.2) is 57.2 Å². The lowest BCUT2D eigenvalue weighted by atomic mass is 10.1. The van der Waals surface area contributed by atoms with E-state index in [1.165, 1.54) is 0 Å². The van der Waals surface area contributed by atoms with Crippen LogP contribution in [0.1, 0.15) is 43.7 Å². The molecule has 1 aromatic rings. The van der Waals surface area contributed by atoms with Crippen LogP contribution in [0, 0.1) is 13.8 Å². The molecule has 1 aromatic heterocycles. The highest BCUT2D eigenvalue weighted by Crippen LogP contribution is 2.11. The second-order valence-electron chi connectivity index (χ2n) is 5.82. The summed E-state index contributed by atoms with van der Waals surface area (Å²) >= 11 is 0. The zero-order valence-corrected chi connectivity index (χ0v) is 18.9. The van der Waals surface area contributed by atoms with Gasteiger partial charge in [0.15, 0.2) is 5.96 Å². The number of rotatable bonds is 13. The van der Waals surface area contributed by atoms with Gasteiger partial charge in [-0.05, 0) is 33.6 Å². The number of aliphatic imine (C=N–C) groups is 1. The normalized spacial score (nSPS) is 11.3. The zero-order chi connectivity index (χ0) is 18.3. The van der Waals surface area contributed by atoms with Crippen molar-refractivity contribution in [2.75, 3.05) is 46.1 Å². The minimum atomic E-state index is 0. The first-order chi connectivity index (χ1) is 12.2. The highest BCUT2D eigenvalue weighted by molar-refractivity contribution is 14.0. The molecular weight excluding hydrogens is 447 g/mol. The number of hydrogen-bond donors (Lipinski definition) is 2. The molecule has 0 spiro atoms. The van der Waals surface area contributed by atoms with Crippen LogP contribution >= 0.6 is 24.0 Å². The number of halogens is 1. The lowest BCUT2D eigenvalue weighted by Gasteiger charge is -2.11. The SMILES string of the molecule is CCCCOCCOCCN=C(NCC)NCCc1c(C)noc1C.I. The standard InChI is InChI=1S/C18H34N4O3.HI/c1-5-7-11-23-13-14-24-12-10-21-18(19-6-2)20-9-8-17-15(3)22-25-16(17)4;/h5-14H2,1-4H3,(H2,19,20,21);1H. The fourth-order valence-electron chi connectivity index (χ4n) is 2.30. The van der Waals surface area contributed by atoms with Crippen molar-refractivity contribution in [3.05, 3.63) is 17.0 Å². The molecule has 26 heavy (non-hydrogen) atoms. The van der Waals surface area contributed by atoms with Crippen molar-refractivity contribution in [1.82, 2.24) is 15.8 Å². The molecular formula is C18H35IN4O3. The van der Waals surface area contributed by atoms with E-state index >= 15 is 0 Å². The maximum atomic E-state index is 5.53. The van der Waals surface area contributed by atoms with Crippen molar-refractivity contribution in [2.24, 2.45) is 4.99 Å². The molecule has 0 aliphatic carbocycles. The minimum absolute atomic E-state index is 0. The number of unbranched alkanes of at least 4 members (excludes halogenated alkanes) is 1. The fourth-order valence-corrected chi connectivity index (χ4v) is 2.30. The summed E-state index contributed by atoms with van der Waals surface area (Å²) in [6, 6.07) is 0. The molecule has 0 saturated carbocycles. The Kier molecular flexibility index (Phi) is 15.8. The van der Waals surface area contributed by atoms with Crippen LogP contribution in [0.25, 0.3) is 0 Å². The van der Waals surface area contributed by atoms with Crippen LogP contribution in [0.3, 0.4) is 0 Å². The first kappa shape index (κ1) is 25.1. The molecule has 1 heterocycles. The largest absolute Gasteiger partial charge is 0.379 e. The van der Waals surface area contributed by atoms with Gasteiger partial charge in [-0.25, -0.2) is 0 Å². The van der Waals surface area contributed by atoms with Crippen molar-refractivity contribution in [2.45, 2.75) is 47.0 Å². The highest BCUT2D eigenvalue weighted by atomic mass is 127. The number of aryl methyl sites for hydroxylation is 2. The van der Waals surface area contributed by atoms with Gasteiger partial charge in [0, 0.05) is 25.3 Å². The molecule has 0 fully saturated rings.